The Kier molecular flexibility index (Phi) is 5.96. The maximum absolute atomic E-state index is 11.0. The molecule has 1 atom stereocenters. The third kappa shape index (κ3) is 6.04. The second-order valence-corrected chi connectivity index (χ2v) is 8.12. The summed E-state index contributed by atoms with van der Waals surface area (Å²) in [5, 5.41) is 0. The van der Waals surface area contributed by atoms with Crippen LogP contribution in [0.3, 0.4) is 0 Å². The standard InChI is InChI=1S/C14H21NO5S2/c1-22(18,19)20-14-4-2-12(3-5-14)10-13-6-8-15(9-7-13)11-21(16)17/h2-5,13H,6-11H2,1H3,(H,16,17). The lowest BCUT2D eigenvalue weighted by molar-refractivity contribution is 0.207. The largest absolute Gasteiger partial charge is 0.383 e. The summed E-state index contributed by atoms with van der Waals surface area (Å²) in [7, 11) is -3.48. The van der Waals surface area contributed by atoms with Crippen LogP contribution in [0.25, 0.3) is 0 Å². The van der Waals surface area contributed by atoms with Crippen molar-refractivity contribution in [2.75, 3.05) is 25.2 Å². The normalized spacial score (nSPS) is 19.0. The van der Waals surface area contributed by atoms with Gasteiger partial charge in [0, 0.05) is 0 Å². The second kappa shape index (κ2) is 7.54. The molecule has 0 aliphatic carbocycles. The molecule has 0 amide bonds. The minimum Gasteiger partial charge on any atom is -0.383 e. The molecule has 1 fully saturated rings. The number of likely N-dealkylation sites (tertiary alicyclic amines) is 1. The topological polar surface area (TPSA) is 83.9 Å². The van der Waals surface area contributed by atoms with Crippen LogP contribution in [0.1, 0.15) is 18.4 Å². The summed E-state index contributed by atoms with van der Waals surface area (Å²) in [6.45, 7) is 1.68. The number of nitrogens with zero attached hydrogens (tertiary/aromatic N) is 1. The fraction of sp³-hybridized carbons (Fsp3) is 0.571. The van der Waals surface area contributed by atoms with E-state index in [0.29, 0.717) is 11.7 Å². The average Bonchev–Trinajstić information content (AvgIpc) is 2.41. The SMILES string of the molecule is CS(=O)(=O)Oc1ccc(CC2CCN(CS(=O)O)CC2)cc1. The van der Waals surface area contributed by atoms with Gasteiger partial charge in [0.05, 0.1) is 6.26 Å². The monoisotopic (exact) mass is 347 g/mol. The maximum Gasteiger partial charge on any atom is 0.306 e. The first-order chi connectivity index (χ1) is 10.3. The van der Waals surface area contributed by atoms with Gasteiger partial charge in [-0.2, -0.15) is 8.42 Å². The zero-order valence-corrected chi connectivity index (χ0v) is 14.1. The van der Waals surface area contributed by atoms with Crippen LogP contribution in [-0.4, -0.2) is 47.3 Å². The summed E-state index contributed by atoms with van der Waals surface area (Å²) < 4.78 is 46.6. The lowest BCUT2D eigenvalue weighted by Gasteiger charge is -2.30. The number of hydrogen-bond acceptors (Lipinski definition) is 5. The van der Waals surface area contributed by atoms with Gasteiger partial charge in [0.1, 0.15) is 11.6 Å². The molecule has 1 saturated heterocycles. The van der Waals surface area contributed by atoms with E-state index in [1.54, 1.807) is 12.1 Å². The molecular formula is C14H21NO5S2. The van der Waals surface area contributed by atoms with Crippen molar-refractivity contribution in [1.82, 2.24) is 4.90 Å². The molecule has 1 unspecified atom stereocenters. The molecule has 1 aliphatic heterocycles. The van der Waals surface area contributed by atoms with Gasteiger partial charge in [-0.1, -0.05) is 12.1 Å². The molecule has 0 spiro atoms. The first-order valence-electron chi connectivity index (χ1n) is 7.10. The summed E-state index contributed by atoms with van der Waals surface area (Å²) in [6.07, 6.45) is 3.95. The predicted molar refractivity (Wildman–Crippen MR) is 85.6 cm³/mol. The van der Waals surface area contributed by atoms with Crippen LogP contribution >= 0.6 is 0 Å². The van der Waals surface area contributed by atoms with E-state index in [4.69, 9.17) is 8.74 Å². The average molecular weight is 347 g/mol. The van der Waals surface area contributed by atoms with E-state index >= 15 is 0 Å². The molecule has 22 heavy (non-hydrogen) atoms. The third-order valence-electron chi connectivity index (χ3n) is 3.70. The molecular weight excluding hydrogens is 326 g/mol. The summed E-state index contributed by atoms with van der Waals surface area (Å²) in [5.41, 5.74) is 1.14. The van der Waals surface area contributed by atoms with Crippen LogP contribution in [0.5, 0.6) is 5.75 Å². The lowest BCUT2D eigenvalue weighted by atomic mass is 9.90. The summed E-state index contributed by atoms with van der Waals surface area (Å²) in [6, 6.07) is 7.10. The molecule has 1 aromatic rings. The minimum atomic E-state index is -3.48. The summed E-state index contributed by atoms with van der Waals surface area (Å²) in [5.74, 6) is 1.10. The Morgan fingerprint density at radius 3 is 2.36 bits per heavy atom. The fourth-order valence-corrected chi connectivity index (χ4v) is 3.70. The van der Waals surface area contributed by atoms with Crippen LogP contribution < -0.4 is 4.18 Å². The van der Waals surface area contributed by atoms with E-state index < -0.39 is 21.2 Å². The Labute approximate surface area is 133 Å². The van der Waals surface area contributed by atoms with E-state index in [0.717, 1.165) is 44.2 Å². The highest BCUT2D eigenvalue weighted by Crippen LogP contribution is 2.23. The van der Waals surface area contributed by atoms with Crippen molar-refractivity contribution in [3.05, 3.63) is 29.8 Å². The number of benzene rings is 1. The Hall–Kier alpha value is -0.960. The Balaban J connectivity index is 1.83. The predicted octanol–water partition coefficient (Wildman–Crippen LogP) is 1.46. The maximum atomic E-state index is 11.0. The zero-order valence-electron chi connectivity index (χ0n) is 12.5. The summed E-state index contributed by atoms with van der Waals surface area (Å²) >= 11 is -1.76. The first-order valence-corrected chi connectivity index (χ1v) is 10.2. The third-order valence-corrected chi connectivity index (χ3v) is 4.78. The van der Waals surface area contributed by atoms with Crippen LogP contribution in [0.2, 0.25) is 0 Å². The van der Waals surface area contributed by atoms with Gasteiger partial charge in [-0.3, -0.25) is 4.90 Å². The van der Waals surface area contributed by atoms with Crippen LogP contribution in [0.4, 0.5) is 0 Å². The molecule has 124 valence electrons. The van der Waals surface area contributed by atoms with Gasteiger partial charge in [0.25, 0.3) is 0 Å². The van der Waals surface area contributed by atoms with Gasteiger partial charge in [-0.25, -0.2) is 4.21 Å². The van der Waals surface area contributed by atoms with Crippen LogP contribution in [0.15, 0.2) is 24.3 Å². The van der Waals surface area contributed by atoms with Crippen molar-refractivity contribution >= 4 is 21.2 Å². The fourth-order valence-electron chi connectivity index (χ4n) is 2.67. The van der Waals surface area contributed by atoms with Crippen molar-refractivity contribution in [2.24, 2.45) is 5.92 Å². The molecule has 0 saturated carbocycles. The molecule has 1 aliphatic rings. The number of hydrogen-bond donors (Lipinski definition) is 1. The van der Waals surface area contributed by atoms with Gasteiger partial charge < -0.3 is 8.74 Å². The minimum absolute atomic E-state index is 0.226. The van der Waals surface area contributed by atoms with E-state index in [9.17, 15) is 12.6 Å². The van der Waals surface area contributed by atoms with E-state index in [2.05, 4.69) is 0 Å². The van der Waals surface area contributed by atoms with Crippen molar-refractivity contribution in [3.63, 3.8) is 0 Å². The molecule has 1 N–H and O–H groups in total. The Bertz CT molecular complexity index is 607. The van der Waals surface area contributed by atoms with Gasteiger partial charge in [-0.15, -0.1) is 0 Å². The molecule has 0 radical (unpaired) electrons. The van der Waals surface area contributed by atoms with Crippen molar-refractivity contribution in [2.45, 2.75) is 19.3 Å². The molecule has 0 bridgehead atoms. The van der Waals surface area contributed by atoms with Gasteiger partial charge in [0.2, 0.25) is 0 Å². The van der Waals surface area contributed by atoms with Gasteiger partial charge in [0.15, 0.2) is 11.1 Å². The summed E-state index contributed by atoms with van der Waals surface area (Å²) in [4.78, 5) is 2.01. The Morgan fingerprint density at radius 2 is 1.86 bits per heavy atom. The highest BCUT2D eigenvalue weighted by atomic mass is 32.2. The lowest BCUT2D eigenvalue weighted by Crippen LogP contribution is -2.36. The number of rotatable bonds is 6. The highest BCUT2D eigenvalue weighted by molar-refractivity contribution is 7.86. The Morgan fingerprint density at radius 1 is 1.27 bits per heavy atom. The van der Waals surface area contributed by atoms with E-state index in [1.165, 1.54) is 0 Å². The van der Waals surface area contributed by atoms with Crippen molar-refractivity contribution in [1.29, 1.82) is 0 Å². The molecule has 1 heterocycles. The smallest absolute Gasteiger partial charge is 0.306 e. The zero-order chi connectivity index (χ0) is 16.2. The first kappa shape index (κ1) is 17.4. The number of piperidine rings is 1. The van der Waals surface area contributed by atoms with Gasteiger partial charge in [-0.05, 0) is 56.0 Å². The van der Waals surface area contributed by atoms with Crippen LogP contribution in [0, 0.1) is 5.92 Å². The van der Waals surface area contributed by atoms with Crippen molar-refractivity contribution < 1.29 is 21.4 Å². The van der Waals surface area contributed by atoms with Crippen molar-refractivity contribution in [3.8, 4) is 5.75 Å². The molecule has 2 rings (SSSR count). The van der Waals surface area contributed by atoms with E-state index in [1.807, 2.05) is 17.0 Å². The molecule has 8 heteroatoms. The molecule has 0 aromatic heterocycles. The highest BCUT2D eigenvalue weighted by Gasteiger charge is 2.20. The molecule has 1 aromatic carbocycles. The quantitative estimate of drug-likeness (QED) is 0.619. The van der Waals surface area contributed by atoms with Gasteiger partial charge >= 0.3 is 10.1 Å². The van der Waals surface area contributed by atoms with E-state index in [-0.39, 0.29) is 5.88 Å². The second-order valence-electron chi connectivity index (χ2n) is 5.65. The molecule has 6 nitrogen and oxygen atoms in total. The van der Waals surface area contributed by atoms with Crippen LogP contribution in [-0.2, 0) is 27.6 Å².